The first kappa shape index (κ1) is 14.4. The molecular weight excluding hydrogens is 240 g/mol. The van der Waals surface area contributed by atoms with Crippen molar-refractivity contribution in [2.24, 2.45) is 0 Å². The van der Waals surface area contributed by atoms with Crippen molar-refractivity contribution in [3.05, 3.63) is 0 Å². The van der Waals surface area contributed by atoms with E-state index in [0.717, 1.165) is 13.0 Å². The molecule has 0 unspecified atom stereocenters. The number of carbonyl (C=O) groups is 1. The fourth-order valence-corrected chi connectivity index (χ4v) is 2.95. The van der Waals surface area contributed by atoms with Gasteiger partial charge in [0.2, 0.25) is 5.91 Å². The lowest BCUT2D eigenvalue weighted by atomic mass is 10.2. The van der Waals surface area contributed by atoms with E-state index in [-0.39, 0.29) is 17.4 Å². The van der Waals surface area contributed by atoms with Gasteiger partial charge in [-0.1, -0.05) is 13.8 Å². The second kappa shape index (κ2) is 6.35. The third-order valence-electron chi connectivity index (χ3n) is 2.82. The molecule has 1 heterocycles. The highest BCUT2D eigenvalue weighted by molar-refractivity contribution is 7.91. The van der Waals surface area contributed by atoms with Crippen LogP contribution in [0.25, 0.3) is 0 Å². The summed E-state index contributed by atoms with van der Waals surface area (Å²) in [6, 6.07) is 0.435. The number of nitrogens with zero attached hydrogens (tertiary/aromatic N) is 1. The normalized spacial score (nSPS) is 19.6. The van der Waals surface area contributed by atoms with E-state index in [1.54, 1.807) is 4.90 Å². The quantitative estimate of drug-likeness (QED) is 0.709. The third-order valence-corrected chi connectivity index (χ3v) is 4.43. The van der Waals surface area contributed by atoms with Gasteiger partial charge in [-0.05, 0) is 13.0 Å². The SMILES string of the molecule is CC(C)NCCCC(=O)N1CCS(=O)(=O)CC1. The zero-order valence-electron chi connectivity index (χ0n) is 10.6. The maximum atomic E-state index is 11.8. The summed E-state index contributed by atoms with van der Waals surface area (Å²) in [6.45, 7) is 5.68. The van der Waals surface area contributed by atoms with Crippen molar-refractivity contribution in [1.29, 1.82) is 0 Å². The molecule has 0 radical (unpaired) electrons. The summed E-state index contributed by atoms with van der Waals surface area (Å²) in [5.41, 5.74) is 0. The lowest BCUT2D eigenvalue weighted by Gasteiger charge is -2.26. The van der Waals surface area contributed by atoms with Crippen molar-refractivity contribution < 1.29 is 13.2 Å². The number of hydrogen-bond donors (Lipinski definition) is 1. The molecule has 5 nitrogen and oxygen atoms in total. The lowest BCUT2D eigenvalue weighted by Crippen LogP contribution is -2.43. The van der Waals surface area contributed by atoms with Crippen LogP contribution < -0.4 is 5.32 Å². The molecule has 0 atom stereocenters. The van der Waals surface area contributed by atoms with Crippen molar-refractivity contribution in [1.82, 2.24) is 10.2 Å². The molecular formula is C11H22N2O3S. The molecule has 1 rings (SSSR count). The Labute approximate surface area is 103 Å². The molecule has 6 heteroatoms. The Bertz CT molecular complexity index is 338. The van der Waals surface area contributed by atoms with Crippen LogP contribution in [0.4, 0.5) is 0 Å². The smallest absolute Gasteiger partial charge is 0.222 e. The van der Waals surface area contributed by atoms with Crippen LogP contribution in [0.3, 0.4) is 0 Å². The van der Waals surface area contributed by atoms with E-state index in [1.165, 1.54) is 0 Å². The van der Waals surface area contributed by atoms with Gasteiger partial charge in [-0.15, -0.1) is 0 Å². The summed E-state index contributed by atoms with van der Waals surface area (Å²) in [4.78, 5) is 13.4. The van der Waals surface area contributed by atoms with E-state index in [9.17, 15) is 13.2 Å². The van der Waals surface area contributed by atoms with Gasteiger partial charge in [-0.2, -0.15) is 0 Å². The Balaban J connectivity index is 2.21. The fraction of sp³-hybridized carbons (Fsp3) is 0.909. The van der Waals surface area contributed by atoms with E-state index in [4.69, 9.17) is 0 Å². The van der Waals surface area contributed by atoms with E-state index in [0.29, 0.717) is 25.6 Å². The van der Waals surface area contributed by atoms with Crippen LogP contribution in [0, 0.1) is 0 Å². The van der Waals surface area contributed by atoms with Crippen LogP contribution in [-0.4, -0.2) is 56.4 Å². The molecule has 1 aliphatic heterocycles. The van der Waals surface area contributed by atoms with Gasteiger partial charge in [0.05, 0.1) is 11.5 Å². The van der Waals surface area contributed by atoms with E-state index in [2.05, 4.69) is 19.2 Å². The minimum atomic E-state index is -2.89. The molecule has 100 valence electrons. The number of nitrogens with one attached hydrogen (secondary N) is 1. The number of rotatable bonds is 5. The average Bonchev–Trinajstić information content (AvgIpc) is 2.23. The molecule has 1 N–H and O–H groups in total. The molecule has 0 saturated carbocycles. The molecule has 0 aromatic heterocycles. The third kappa shape index (κ3) is 5.50. The Hall–Kier alpha value is -0.620. The number of amides is 1. The lowest BCUT2D eigenvalue weighted by molar-refractivity contribution is -0.130. The van der Waals surface area contributed by atoms with Gasteiger partial charge in [0.15, 0.2) is 9.84 Å². The first-order valence-corrected chi connectivity index (χ1v) is 7.94. The molecule has 1 aliphatic rings. The van der Waals surface area contributed by atoms with E-state index in [1.807, 2.05) is 0 Å². The summed E-state index contributed by atoms with van der Waals surface area (Å²) >= 11 is 0. The van der Waals surface area contributed by atoms with Crippen molar-refractivity contribution in [3.8, 4) is 0 Å². The van der Waals surface area contributed by atoms with Gasteiger partial charge in [0.25, 0.3) is 0 Å². The molecule has 0 aromatic rings. The summed E-state index contributed by atoms with van der Waals surface area (Å²) in [5.74, 6) is 0.303. The van der Waals surface area contributed by atoms with Crippen molar-refractivity contribution in [2.45, 2.75) is 32.7 Å². The highest BCUT2D eigenvalue weighted by atomic mass is 32.2. The van der Waals surface area contributed by atoms with Gasteiger partial charge >= 0.3 is 0 Å². The second-order valence-corrected chi connectivity index (χ2v) is 7.05. The summed E-state index contributed by atoms with van der Waals surface area (Å²) in [7, 11) is -2.89. The second-order valence-electron chi connectivity index (χ2n) is 4.74. The predicted octanol–water partition coefficient (Wildman–Crippen LogP) is 0.0216. The Morgan fingerprint density at radius 2 is 1.88 bits per heavy atom. The number of hydrogen-bond acceptors (Lipinski definition) is 4. The molecule has 0 spiro atoms. The van der Waals surface area contributed by atoms with Crippen LogP contribution in [0.2, 0.25) is 0 Å². The Morgan fingerprint density at radius 3 is 2.41 bits per heavy atom. The first-order chi connectivity index (χ1) is 7.91. The van der Waals surface area contributed by atoms with E-state index >= 15 is 0 Å². The number of sulfone groups is 1. The van der Waals surface area contributed by atoms with Crippen LogP contribution in [0.1, 0.15) is 26.7 Å². The van der Waals surface area contributed by atoms with E-state index < -0.39 is 9.84 Å². The zero-order valence-corrected chi connectivity index (χ0v) is 11.4. The molecule has 1 fully saturated rings. The van der Waals surface area contributed by atoms with Crippen LogP contribution >= 0.6 is 0 Å². The molecule has 0 bridgehead atoms. The predicted molar refractivity (Wildman–Crippen MR) is 67.6 cm³/mol. The maximum absolute atomic E-state index is 11.8. The average molecular weight is 262 g/mol. The van der Waals surface area contributed by atoms with Crippen molar-refractivity contribution >= 4 is 15.7 Å². The van der Waals surface area contributed by atoms with Crippen molar-refractivity contribution in [3.63, 3.8) is 0 Å². The Morgan fingerprint density at radius 1 is 1.29 bits per heavy atom. The van der Waals surface area contributed by atoms with Crippen LogP contribution in [-0.2, 0) is 14.6 Å². The largest absolute Gasteiger partial charge is 0.341 e. The van der Waals surface area contributed by atoms with Gasteiger partial charge in [-0.3, -0.25) is 4.79 Å². The topological polar surface area (TPSA) is 66.5 Å². The maximum Gasteiger partial charge on any atom is 0.222 e. The summed E-state index contributed by atoms with van der Waals surface area (Å²) < 4.78 is 22.4. The minimum absolute atomic E-state index is 0.0745. The minimum Gasteiger partial charge on any atom is -0.341 e. The summed E-state index contributed by atoms with van der Waals surface area (Å²) in [5, 5.41) is 3.25. The van der Waals surface area contributed by atoms with Gasteiger partial charge in [0, 0.05) is 25.6 Å². The first-order valence-electron chi connectivity index (χ1n) is 6.12. The van der Waals surface area contributed by atoms with Crippen LogP contribution in [0.5, 0.6) is 0 Å². The fourth-order valence-electron chi connectivity index (χ4n) is 1.75. The van der Waals surface area contributed by atoms with Gasteiger partial charge in [-0.25, -0.2) is 8.42 Å². The van der Waals surface area contributed by atoms with Crippen molar-refractivity contribution in [2.75, 3.05) is 31.1 Å². The number of carbonyl (C=O) groups excluding carboxylic acids is 1. The molecule has 1 amide bonds. The van der Waals surface area contributed by atoms with Gasteiger partial charge in [0.1, 0.15) is 0 Å². The Kier molecular flexibility index (Phi) is 5.39. The monoisotopic (exact) mass is 262 g/mol. The zero-order chi connectivity index (χ0) is 12.9. The highest BCUT2D eigenvalue weighted by Crippen LogP contribution is 2.06. The summed E-state index contributed by atoms with van der Waals surface area (Å²) in [6.07, 6.45) is 1.31. The van der Waals surface area contributed by atoms with Gasteiger partial charge < -0.3 is 10.2 Å². The molecule has 17 heavy (non-hydrogen) atoms. The molecule has 1 saturated heterocycles. The standard InChI is InChI=1S/C11H22N2O3S/c1-10(2)12-5-3-4-11(14)13-6-8-17(15,16)9-7-13/h10,12H,3-9H2,1-2H3. The van der Waals surface area contributed by atoms with Crippen LogP contribution in [0.15, 0.2) is 0 Å². The highest BCUT2D eigenvalue weighted by Gasteiger charge is 2.24. The molecule has 0 aliphatic carbocycles. The molecule has 0 aromatic carbocycles.